The predicted molar refractivity (Wildman–Crippen MR) is 158 cm³/mol. The molecule has 0 N–H and O–H groups in total. The number of nitrogens with zero attached hydrogens (tertiary/aromatic N) is 9. The van der Waals surface area contributed by atoms with Gasteiger partial charge in [0.15, 0.2) is 0 Å². The molecule has 0 aliphatic carbocycles. The number of azo groups is 3. The standard InChI is InChI=1S/C26H27N9O2S3/c1-4-40(36,37)26-27-25(39-34-26)33-31-22-10-7-19(15-18(22)3)28-30-21-9-8-20(16-17(21)2)29-32-23-11-12-24(38-23)35-13-5-6-14-35/h7-12,15-16H,4-6,13-14H2,1-3H3. The average molecular weight is 594 g/mol. The van der Waals surface area contributed by atoms with Crippen LogP contribution in [0.3, 0.4) is 0 Å². The van der Waals surface area contributed by atoms with E-state index < -0.39 is 9.84 Å². The van der Waals surface area contributed by atoms with Crippen molar-refractivity contribution in [3.05, 3.63) is 59.7 Å². The molecule has 0 amide bonds. The van der Waals surface area contributed by atoms with E-state index in [4.69, 9.17) is 0 Å². The maximum absolute atomic E-state index is 11.9. The van der Waals surface area contributed by atoms with Gasteiger partial charge < -0.3 is 4.90 Å². The molecule has 3 heterocycles. The minimum atomic E-state index is -3.47. The Morgan fingerprint density at radius 1 is 0.825 bits per heavy atom. The Morgan fingerprint density at radius 2 is 1.45 bits per heavy atom. The number of benzene rings is 2. The van der Waals surface area contributed by atoms with Gasteiger partial charge in [-0.3, -0.25) is 0 Å². The van der Waals surface area contributed by atoms with E-state index in [2.05, 4.69) is 51.0 Å². The number of sulfone groups is 1. The van der Waals surface area contributed by atoms with Crippen molar-refractivity contribution < 1.29 is 8.42 Å². The summed E-state index contributed by atoms with van der Waals surface area (Å²) in [5.74, 6) is -0.0699. The number of aromatic nitrogens is 2. The first kappa shape index (κ1) is 27.8. The minimum absolute atomic E-state index is 0.0699. The van der Waals surface area contributed by atoms with Gasteiger partial charge >= 0.3 is 0 Å². The largest absolute Gasteiger partial charge is 0.363 e. The first-order valence-electron chi connectivity index (χ1n) is 12.7. The molecular formula is C26H27N9O2S3. The van der Waals surface area contributed by atoms with E-state index in [1.165, 1.54) is 17.8 Å². The Morgan fingerprint density at radius 3 is 2.08 bits per heavy atom. The molecule has 206 valence electrons. The third-order valence-corrected chi connectivity index (χ3v) is 9.44. The van der Waals surface area contributed by atoms with Crippen molar-refractivity contribution in [2.24, 2.45) is 30.7 Å². The van der Waals surface area contributed by atoms with Crippen LogP contribution < -0.4 is 4.90 Å². The summed E-state index contributed by atoms with van der Waals surface area (Å²) in [6, 6.07) is 15.2. The number of aryl methyl sites for hydroxylation is 2. The van der Waals surface area contributed by atoms with Crippen LogP contribution in [0.1, 0.15) is 30.9 Å². The minimum Gasteiger partial charge on any atom is -0.363 e. The lowest BCUT2D eigenvalue weighted by atomic mass is 10.2. The van der Waals surface area contributed by atoms with Crippen LogP contribution in [0, 0.1) is 13.8 Å². The normalized spacial score (nSPS) is 14.4. The Labute approximate surface area is 240 Å². The zero-order valence-electron chi connectivity index (χ0n) is 22.2. The van der Waals surface area contributed by atoms with E-state index in [-0.39, 0.29) is 16.0 Å². The second kappa shape index (κ2) is 12.2. The Bertz CT molecular complexity index is 1700. The molecule has 1 fully saturated rings. The molecule has 0 bridgehead atoms. The highest BCUT2D eigenvalue weighted by atomic mass is 32.2. The maximum Gasteiger partial charge on any atom is 0.260 e. The third-order valence-electron chi connectivity index (χ3n) is 6.19. The van der Waals surface area contributed by atoms with Gasteiger partial charge in [0.25, 0.3) is 5.16 Å². The summed E-state index contributed by atoms with van der Waals surface area (Å²) in [6.45, 7) is 7.61. The lowest BCUT2D eigenvalue weighted by Gasteiger charge is -2.13. The molecule has 14 heteroatoms. The molecule has 11 nitrogen and oxygen atoms in total. The Kier molecular flexibility index (Phi) is 8.47. The summed E-state index contributed by atoms with van der Waals surface area (Å²) >= 11 is 2.55. The quantitative estimate of drug-likeness (QED) is 0.178. The average Bonchev–Trinajstić information content (AvgIpc) is 3.73. The van der Waals surface area contributed by atoms with Crippen LogP contribution in [0.25, 0.3) is 0 Å². The van der Waals surface area contributed by atoms with Gasteiger partial charge in [-0.25, -0.2) is 8.42 Å². The zero-order valence-corrected chi connectivity index (χ0v) is 24.7. The van der Waals surface area contributed by atoms with Crippen LogP contribution in [0.2, 0.25) is 0 Å². The molecule has 40 heavy (non-hydrogen) atoms. The summed E-state index contributed by atoms with van der Waals surface area (Å²) in [7, 11) is -3.47. The van der Waals surface area contributed by atoms with Crippen LogP contribution in [-0.2, 0) is 9.84 Å². The van der Waals surface area contributed by atoms with E-state index >= 15 is 0 Å². The highest BCUT2D eigenvalue weighted by molar-refractivity contribution is 7.91. The fraction of sp³-hybridized carbons (Fsp3) is 0.308. The van der Waals surface area contributed by atoms with Gasteiger partial charge in [0.05, 0.1) is 33.5 Å². The van der Waals surface area contributed by atoms with Gasteiger partial charge in [-0.2, -0.15) is 19.6 Å². The van der Waals surface area contributed by atoms with Crippen molar-refractivity contribution in [3.63, 3.8) is 0 Å². The maximum atomic E-state index is 11.9. The van der Waals surface area contributed by atoms with Crippen LogP contribution in [0.5, 0.6) is 0 Å². The van der Waals surface area contributed by atoms with Gasteiger partial charge in [-0.15, -0.1) is 20.5 Å². The van der Waals surface area contributed by atoms with Crippen molar-refractivity contribution in [2.75, 3.05) is 23.7 Å². The first-order valence-corrected chi connectivity index (χ1v) is 15.9. The van der Waals surface area contributed by atoms with E-state index in [0.29, 0.717) is 11.4 Å². The highest BCUT2D eigenvalue weighted by Gasteiger charge is 2.18. The summed E-state index contributed by atoms with van der Waals surface area (Å²) in [6.07, 6.45) is 2.50. The van der Waals surface area contributed by atoms with Crippen molar-refractivity contribution in [3.8, 4) is 0 Å². The summed E-state index contributed by atoms with van der Waals surface area (Å²) in [5.41, 5.74) is 4.54. The van der Waals surface area contributed by atoms with Crippen molar-refractivity contribution in [1.29, 1.82) is 0 Å². The second-order valence-corrected chi connectivity index (χ2v) is 13.1. The number of hydrogen-bond donors (Lipinski definition) is 0. The molecule has 0 atom stereocenters. The smallest absolute Gasteiger partial charge is 0.260 e. The molecule has 0 spiro atoms. The van der Waals surface area contributed by atoms with E-state index in [0.717, 1.165) is 52.1 Å². The van der Waals surface area contributed by atoms with Crippen molar-refractivity contribution in [1.82, 2.24) is 9.36 Å². The summed E-state index contributed by atoms with van der Waals surface area (Å²) < 4.78 is 27.6. The number of anilines is 1. The monoisotopic (exact) mass is 593 g/mol. The second-order valence-electron chi connectivity index (χ2n) is 9.11. The Balaban J connectivity index is 1.22. The number of thiophene rings is 1. The van der Waals surface area contributed by atoms with Gasteiger partial charge in [-0.1, -0.05) is 18.3 Å². The SMILES string of the molecule is CCS(=O)(=O)c1nsc(N=Nc2ccc(N=Nc3ccc(N=Nc4ccc(N5CCCC5)s4)cc3C)cc2C)n1. The summed E-state index contributed by atoms with van der Waals surface area (Å²) in [4.78, 5) is 6.34. The van der Waals surface area contributed by atoms with E-state index in [1.54, 1.807) is 30.4 Å². The van der Waals surface area contributed by atoms with Gasteiger partial charge in [0.1, 0.15) is 5.00 Å². The van der Waals surface area contributed by atoms with Gasteiger partial charge in [-0.05, 0) is 86.3 Å². The highest BCUT2D eigenvalue weighted by Crippen LogP contribution is 2.35. The fourth-order valence-electron chi connectivity index (χ4n) is 3.92. The fourth-order valence-corrected chi connectivity index (χ4v) is 6.31. The number of rotatable bonds is 9. The van der Waals surface area contributed by atoms with E-state index in [9.17, 15) is 8.42 Å². The first-order chi connectivity index (χ1) is 19.3. The van der Waals surface area contributed by atoms with Crippen LogP contribution >= 0.6 is 22.9 Å². The van der Waals surface area contributed by atoms with Crippen LogP contribution in [-0.4, -0.2) is 36.6 Å². The number of hydrogen-bond acceptors (Lipinski definition) is 13. The van der Waals surface area contributed by atoms with Crippen LogP contribution in [0.4, 0.5) is 37.9 Å². The molecule has 2 aromatic carbocycles. The molecule has 1 aliphatic rings. The molecule has 0 saturated carbocycles. The predicted octanol–water partition coefficient (Wildman–Crippen LogP) is 8.86. The molecule has 0 unspecified atom stereocenters. The van der Waals surface area contributed by atoms with Crippen molar-refractivity contribution in [2.45, 2.75) is 38.8 Å². The van der Waals surface area contributed by atoms with Gasteiger partial charge in [0, 0.05) is 24.6 Å². The molecule has 0 radical (unpaired) electrons. The molecule has 1 saturated heterocycles. The third kappa shape index (κ3) is 6.69. The van der Waals surface area contributed by atoms with Crippen molar-refractivity contribution >= 4 is 70.6 Å². The Hall–Kier alpha value is -3.75. The topological polar surface area (TPSA) is 137 Å². The zero-order chi connectivity index (χ0) is 28.1. The summed E-state index contributed by atoms with van der Waals surface area (Å²) in [5, 5.41) is 27.9. The molecule has 4 aromatic rings. The lowest BCUT2D eigenvalue weighted by molar-refractivity contribution is 0.590. The molecule has 5 rings (SSSR count). The van der Waals surface area contributed by atoms with E-state index in [1.807, 2.05) is 44.2 Å². The molecule has 1 aliphatic heterocycles. The lowest BCUT2D eigenvalue weighted by Crippen LogP contribution is -2.15. The van der Waals surface area contributed by atoms with Crippen LogP contribution in [0.15, 0.2) is 84.4 Å². The molecular weight excluding hydrogens is 567 g/mol. The molecule has 2 aromatic heterocycles. The van der Waals surface area contributed by atoms with Gasteiger partial charge in [0.2, 0.25) is 15.0 Å².